The first kappa shape index (κ1) is 18.1. The van der Waals surface area contributed by atoms with Crippen LogP contribution in [0.2, 0.25) is 5.02 Å². The van der Waals surface area contributed by atoms with Crippen LogP contribution in [0.15, 0.2) is 0 Å². The average molecular weight is 353 g/mol. The Morgan fingerprint density at radius 1 is 1.39 bits per heavy atom. The number of hydrogen-bond donors (Lipinski definition) is 1. The summed E-state index contributed by atoms with van der Waals surface area (Å²) in [7, 11) is 2.01. The highest BCUT2D eigenvalue weighted by molar-refractivity contribution is 6.32. The first-order chi connectivity index (χ1) is 10.6. The Hall–Kier alpha value is -1.28. The quantitative estimate of drug-likeness (QED) is 0.909. The van der Waals surface area contributed by atoms with E-state index in [1.54, 1.807) is 0 Å². The Kier molecular flexibility index (Phi) is 5.25. The van der Waals surface area contributed by atoms with Gasteiger partial charge in [0.15, 0.2) is 5.69 Å². The number of nitrogens with one attached hydrogen (secondary N) is 1. The fourth-order valence-electron chi connectivity index (χ4n) is 2.64. The minimum atomic E-state index is -4.64. The molecular formula is C14H20ClF3N4O. The van der Waals surface area contributed by atoms with Crippen molar-refractivity contribution < 1.29 is 18.0 Å². The predicted molar refractivity (Wildman–Crippen MR) is 80.3 cm³/mol. The molecule has 1 saturated heterocycles. The molecule has 5 nitrogen and oxygen atoms in total. The fourth-order valence-corrected chi connectivity index (χ4v) is 2.87. The van der Waals surface area contributed by atoms with Gasteiger partial charge in [-0.25, -0.2) is 0 Å². The molecule has 9 heteroatoms. The second-order valence-corrected chi connectivity index (χ2v) is 6.33. The van der Waals surface area contributed by atoms with Gasteiger partial charge in [-0.05, 0) is 46.8 Å². The van der Waals surface area contributed by atoms with Crippen LogP contribution in [0.4, 0.5) is 13.2 Å². The summed E-state index contributed by atoms with van der Waals surface area (Å²) in [5, 5.41) is 5.92. The number of amides is 1. The highest BCUT2D eigenvalue weighted by Crippen LogP contribution is 2.36. The van der Waals surface area contributed by atoms with Gasteiger partial charge in [0, 0.05) is 6.04 Å². The van der Waals surface area contributed by atoms with E-state index in [-0.39, 0.29) is 17.6 Å². The molecule has 1 aliphatic rings. The molecular weight excluding hydrogens is 333 g/mol. The van der Waals surface area contributed by atoms with Gasteiger partial charge in [-0.3, -0.25) is 9.48 Å². The lowest BCUT2D eigenvalue weighted by atomic mass is 10.1. The largest absolute Gasteiger partial charge is 0.436 e. The molecule has 0 spiro atoms. The summed E-state index contributed by atoms with van der Waals surface area (Å²) in [4.78, 5) is 14.5. The van der Waals surface area contributed by atoms with E-state index in [4.69, 9.17) is 11.6 Å². The second-order valence-electron chi connectivity index (χ2n) is 5.95. The molecule has 130 valence electrons. The van der Waals surface area contributed by atoms with Crippen molar-refractivity contribution in [1.82, 2.24) is 20.0 Å². The van der Waals surface area contributed by atoms with Crippen molar-refractivity contribution >= 4 is 17.5 Å². The van der Waals surface area contributed by atoms with Crippen molar-refractivity contribution in [3.63, 3.8) is 0 Å². The topological polar surface area (TPSA) is 50.2 Å². The number of halogens is 4. The van der Waals surface area contributed by atoms with E-state index in [1.165, 1.54) is 13.8 Å². The summed E-state index contributed by atoms with van der Waals surface area (Å²) < 4.78 is 39.6. The maximum atomic E-state index is 12.9. The summed E-state index contributed by atoms with van der Waals surface area (Å²) in [6.45, 7) is 4.69. The van der Waals surface area contributed by atoms with Gasteiger partial charge in [0.25, 0.3) is 0 Å². The van der Waals surface area contributed by atoms with Crippen molar-refractivity contribution in [2.75, 3.05) is 20.1 Å². The molecule has 1 unspecified atom stereocenters. The number of rotatable bonds is 3. The average Bonchev–Trinajstić information content (AvgIpc) is 2.77. The third kappa shape index (κ3) is 3.98. The Morgan fingerprint density at radius 3 is 2.43 bits per heavy atom. The molecule has 1 atom stereocenters. The molecule has 0 aliphatic carbocycles. The van der Waals surface area contributed by atoms with E-state index in [0.29, 0.717) is 0 Å². The normalized spacial score (nSPS) is 18.9. The van der Waals surface area contributed by atoms with E-state index < -0.39 is 22.9 Å². The molecule has 2 rings (SSSR count). The Bertz CT molecular complexity index is 579. The van der Waals surface area contributed by atoms with Crippen LogP contribution in [-0.4, -0.2) is 46.8 Å². The summed E-state index contributed by atoms with van der Waals surface area (Å²) in [6, 6.07) is -0.821. The molecule has 2 heterocycles. The zero-order valence-electron chi connectivity index (χ0n) is 13.2. The monoisotopic (exact) mass is 352 g/mol. The van der Waals surface area contributed by atoms with E-state index in [9.17, 15) is 18.0 Å². The maximum absolute atomic E-state index is 12.9. The van der Waals surface area contributed by atoms with Crippen LogP contribution >= 0.6 is 11.6 Å². The first-order valence-electron chi connectivity index (χ1n) is 7.42. The standard InChI is InChI=1S/C14H20ClF3N4O/c1-8-11(15)12(14(16,17)18)20-22(8)9(2)13(23)19-10-4-6-21(3)7-5-10/h9-10H,4-7H2,1-3H3,(H,19,23). The molecule has 23 heavy (non-hydrogen) atoms. The van der Waals surface area contributed by atoms with Crippen LogP contribution in [-0.2, 0) is 11.0 Å². The van der Waals surface area contributed by atoms with Gasteiger partial charge in [0.05, 0.1) is 10.7 Å². The lowest BCUT2D eigenvalue weighted by molar-refractivity contribution is -0.141. The molecule has 0 aromatic carbocycles. The van der Waals surface area contributed by atoms with E-state index in [2.05, 4.69) is 15.3 Å². The van der Waals surface area contributed by atoms with Crippen molar-refractivity contribution in [1.29, 1.82) is 0 Å². The third-order valence-electron chi connectivity index (χ3n) is 4.16. The van der Waals surface area contributed by atoms with Gasteiger partial charge in [-0.2, -0.15) is 18.3 Å². The maximum Gasteiger partial charge on any atom is 0.436 e. The number of aromatic nitrogens is 2. The van der Waals surface area contributed by atoms with Gasteiger partial charge in [0.2, 0.25) is 5.91 Å². The molecule has 1 amide bonds. The summed E-state index contributed by atoms with van der Waals surface area (Å²) in [6.07, 6.45) is -3.00. The minimum Gasteiger partial charge on any atom is -0.351 e. The first-order valence-corrected chi connectivity index (χ1v) is 7.79. The molecule has 1 aliphatic heterocycles. The number of carbonyl (C=O) groups is 1. The molecule has 1 aromatic heterocycles. The summed E-state index contributed by atoms with van der Waals surface area (Å²) in [5.41, 5.74) is -1.03. The van der Waals surface area contributed by atoms with E-state index in [1.807, 2.05) is 7.05 Å². The summed E-state index contributed by atoms with van der Waals surface area (Å²) >= 11 is 5.71. The van der Waals surface area contributed by atoms with Crippen molar-refractivity contribution in [2.24, 2.45) is 0 Å². The Labute approximate surface area is 137 Å². The van der Waals surface area contributed by atoms with Crippen LogP contribution in [0, 0.1) is 6.92 Å². The van der Waals surface area contributed by atoms with Crippen LogP contribution in [0.5, 0.6) is 0 Å². The van der Waals surface area contributed by atoms with Gasteiger partial charge >= 0.3 is 6.18 Å². The minimum absolute atomic E-state index is 0.0366. The smallest absolute Gasteiger partial charge is 0.351 e. The zero-order valence-corrected chi connectivity index (χ0v) is 14.0. The van der Waals surface area contributed by atoms with Gasteiger partial charge in [0.1, 0.15) is 6.04 Å². The molecule has 0 saturated carbocycles. The molecule has 1 N–H and O–H groups in total. The molecule has 0 bridgehead atoms. The molecule has 1 aromatic rings. The van der Waals surface area contributed by atoms with Crippen molar-refractivity contribution in [3.05, 3.63) is 16.4 Å². The number of alkyl halides is 3. The SMILES string of the molecule is Cc1c(Cl)c(C(F)(F)F)nn1C(C)C(=O)NC1CCN(C)CC1. The number of hydrogen-bond acceptors (Lipinski definition) is 3. The number of likely N-dealkylation sites (tertiary alicyclic amines) is 1. The van der Waals surface area contributed by atoms with Crippen LogP contribution in [0.3, 0.4) is 0 Å². The third-order valence-corrected chi connectivity index (χ3v) is 4.61. The lowest BCUT2D eigenvalue weighted by Gasteiger charge is -2.30. The fraction of sp³-hybridized carbons (Fsp3) is 0.714. The van der Waals surface area contributed by atoms with E-state index in [0.717, 1.165) is 30.6 Å². The Balaban J connectivity index is 2.11. The highest BCUT2D eigenvalue weighted by atomic mass is 35.5. The molecule has 0 radical (unpaired) electrons. The Morgan fingerprint density at radius 2 is 1.96 bits per heavy atom. The lowest BCUT2D eigenvalue weighted by Crippen LogP contribution is -2.45. The van der Waals surface area contributed by atoms with Gasteiger partial charge in [-0.1, -0.05) is 11.6 Å². The van der Waals surface area contributed by atoms with Gasteiger partial charge in [-0.15, -0.1) is 0 Å². The summed E-state index contributed by atoms with van der Waals surface area (Å²) in [5.74, 6) is -0.351. The molecule has 1 fully saturated rings. The highest BCUT2D eigenvalue weighted by Gasteiger charge is 2.39. The van der Waals surface area contributed by atoms with Gasteiger partial charge < -0.3 is 10.2 Å². The second kappa shape index (κ2) is 6.68. The zero-order chi connectivity index (χ0) is 17.4. The van der Waals surface area contributed by atoms with E-state index >= 15 is 0 Å². The van der Waals surface area contributed by atoms with Crippen LogP contribution in [0.1, 0.15) is 37.2 Å². The number of carbonyl (C=O) groups excluding carboxylic acids is 1. The number of nitrogens with zero attached hydrogens (tertiary/aromatic N) is 3. The van der Waals surface area contributed by atoms with Crippen molar-refractivity contribution in [3.8, 4) is 0 Å². The van der Waals surface area contributed by atoms with Crippen molar-refractivity contribution in [2.45, 2.75) is 44.9 Å². The number of piperidine rings is 1. The predicted octanol–water partition coefficient (Wildman–Crippen LogP) is 2.64. The van der Waals surface area contributed by atoms with Crippen LogP contribution < -0.4 is 5.32 Å². The van der Waals surface area contributed by atoms with Crippen LogP contribution in [0.25, 0.3) is 0 Å².